The van der Waals surface area contributed by atoms with E-state index in [4.69, 9.17) is 32.7 Å². The first kappa shape index (κ1) is 28.4. The molecule has 0 bridgehead atoms. The number of benzene rings is 4. The Morgan fingerprint density at radius 1 is 0.976 bits per heavy atom. The smallest absolute Gasteiger partial charge is 0.345 e. The largest absolute Gasteiger partial charge is 0.494 e. The van der Waals surface area contributed by atoms with Gasteiger partial charge in [-0.1, -0.05) is 69.5 Å². The molecule has 0 saturated carbocycles. The lowest BCUT2D eigenvalue weighted by molar-refractivity contribution is 0.0734. The molecule has 10 heteroatoms. The summed E-state index contributed by atoms with van der Waals surface area (Å²) in [5.74, 6) is -0.201. The van der Waals surface area contributed by atoms with E-state index in [-0.39, 0.29) is 22.0 Å². The monoisotopic (exact) mass is 649 g/mol. The first-order chi connectivity index (χ1) is 19.9. The number of halogens is 3. The maximum atomic E-state index is 13.4. The highest BCUT2D eigenvalue weighted by molar-refractivity contribution is 9.10. The van der Waals surface area contributed by atoms with E-state index in [0.29, 0.717) is 34.1 Å². The predicted molar refractivity (Wildman–Crippen MR) is 166 cm³/mol. The van der Waals surface area contributed by atoms with Crippen LogP contribution in [0.1, 0.15) is 33.3 Å². The van der Waals surface area contributed by atoms with E-state index in [2.05, 4.69) is 31.4 Å². The minimum absolute atomic E-state index is 0.228. The van der Waals surface area contributed by atoms with E-state index in [1.165, 1.54) is 6.21 Å². The van der Waals surface area contributed by atoms with Gasteiger partial charge in [-0.15, -0.1) is 0 Å². The van der Waals surface area contributed by atoms with Gasteiger partial charge in [0.15, 0.2) is 0 Å². The van der Waals surface area contributed by atoms with Crippen LogP contribution in [0.25, 0.3) is 22.0 Å². The predicted octanol–water partition coefficient (Wildman–Crippen LogP) is 8.29. The number of hydrazone groups is 1. The van der Waals surface area contributed by atoms with Gasteiger partial charge in [-0.05, 0) is 61.5 Å². The first-order valence-electron chi connectivity index (χ1n) is 12.5. The minimum Gasteiger partial charge on any atom is -0.494 e. The third kappa shape index (κ3) is 6.30. The van der Waals surface area contributed by atoms with Crippen molar-refractivity contribution in [1.29, 1.82) is 0 Å². The Labute approximate surface area is 254 Å². The van der Waals surface area contributed by atoms with Gasteiger partial charge in [0.2, 0.25) is 0 Å². The highest BCUT2D eigenvalue weighted by Gasteiger charge is 2.21. The topological polar surface area (TPSA) is 92.8 Å². The number of nitrogens with one attached hydrogen (secondary N) is 2. The average molecular weight is 651 g/mol. The fourth-order valence-corrected chi connectivity index (χ4v) is 5.07. The Morgan fingerprint density at radius 3 is 2.49 bits per heavy atom. The quantitative estimate of drug-likeness (QED) is 0.0765. The van der Waals surface area contributed by atoms with Gasteiger partial charge in [-0.2, -0.15) is 5.10 Å². The summed E-state index contributed by atoms with van der Waals surface area (Å²) < 4.78 is 12.0. The molecule has 7 nitrogen and oxygen atoms in total. The molecule has 0 aliphatic carbocycles. The van der Waals surface area contributed by atoms with Crippen LogP contribution in [0.3, 0.4) is 0 Å². The third-order valence-electron chi connectivity index (χ3n) is 6.09. The van der Waals surface area contributed by atoms with Gasteiger partial charge in [0.25, 0.3) is 5.91 Å². The van der Waals surface area contributed by atoms with Gasteiger partial charge in [-0.25, -0.2) is 10.2 Å². The van der Waals surface area contributed by atoms with Gasteiger partial charge < -0.3 is 14.5 Å². The summed E-state index contributed by atoms with van der Waals surface area (Å²) in [6.45, 7) is 2.41. The first-order valence-corrected chi connectivity index (χ1v) is 14.0. The van der Waals surface area contributed by atoms with Crippen LogP contribution in [-0.2, 0) is 0 Å². The summed E-state index contributed by atoms with van der Waals surface area (Å²) in [5, 5.41) is 5.70. The number of aromatic nitrogens is 1. The van der Waals surface area contributed by atoms with E-state index in [1.807, 2.05) is 43.3 Å². The van der Waals surface area contributed by atoms with E-state index >= 15 is 0 Å². The van der Waals surface area contributed by atoms with Crippen LogP contribution in [0.15, 0.2) is 94.5 Å². The summed E-state index contributed by atoms with van der Waals surface area (Å²) >= 11 is 16.1. The number of hydrogen-bond acceptors (Lipinski definition) is 5. The number of rotatable bonds is 8. The van der Waals surface area contributed by atoms with Crippen molar-refractivity contribution in [2.24, 2.45) is 5.10 Å². The van der Waals surface area contributed by atoms with Gasteiger partial charge in [-0.3, -0.25) is 4.79 Å². The maximum Gasteiger partial charge on any atom is 0.345 e. The highest BCUT2D eigenvalue weighted by atomic mass is 79.9. The molecule has 1 amide bonds. The lowest BCUT2D eigenvalue weighted by atomic mass is 10.0. The number of amides is 1. The molecule has 0 aliphatic heterocycles. The zero-order valence-corrected chi connectivity index (χ0v) is 24.7. The second-order valence-corrected chi connectivity index (χ2v) is 10.5. The molecule has 0 fully saturated rings. The average Bonchev–Trinajstić information content (AvgIpc) is 3.34. The SMILES string of the molecule is CCOc1ccc2[nH]c(C(=O)NN=Cc3cc(Br)ccc3OC(=O)c3ccccc3Cl)c(-c3ccccc3Cl)c2c1. The molecule has 0 spiro atoms. The molecular formula is C31H22BrCl2N3O4. The highest BCUT2D eigenvalue weighted by Crippen LogP contribution is 2.38. The number of carbonyl (C=O) groups is 2. The standard InChI is InChI=1S/C31H22BrCl2N3O4/c1-2-40-20-12-13-26-23(16-20)28(21-7-3-5-9-24(21)33)29(36-26)30(38)37-35-17-18-15-19(32)11-14-27(18)41-31(39)22-8-4-6-10-25(22)34/h3-17,36H,2H2,1H3,(H,37,38). The van der Waals surface area contributed by atoms with E-state index in [9.17, 15) is 9.59 Å². The number of esters is 1. The van der Waals surface area contributed by atoms with Crippen molar-refractivity contribution in [3.05, 3.63) is 116 Å². The van der Waals surface area contributed by atoms with E-state index < -0.39 is 11.9 Å². The second-order valence-electron chi connectivity index (χ2n) is 8.75. The van der Waals surface area contributed by atoms with E-state index in [1.54, 1.807) is 48.5 Å². The molecule has 206 valence electrons. The van der Waals surface area contributed by atoms with Crippen LogP contribution < -0.4 is 14.9 Å². The fourth-order valence-electron chi connectivity index (χ4n) is 4.25. The second kappa shape index (κ2) is 12.6. The summed E-state index contributed by atoms with van der Waals surface area (Å²) in [7, 11) is 0. The van der Waals surface area contributed by atoms with Crippen molar-refractivity contribution < 1.29 is 19.1 Å². The Kier molecular flexibility index (Phi) is 8.73. The van der Waals surface area contributed by atoms with E-state index in [0.717, 1.165) is 15.4 Å². The van der Waals surface area contributed by atoms with Crippen molar-refractivity contribution in [3.8, 4) is 22.6 Å². The van der Waals surface area contributed by atoms with Crippen molar-refractivity contribution in [2.45, 2.75) is 6.92 Å². The zero-order chi connectivity index (χ0) is 28.9. The van der Waals surface area contributed by atoms with Crippen LogP contribution in [0.4, 0.5) is 0 Å². The van der Waals surface area contributed by atoms with Crippen LogP contribution >= 0.6 is 39.1 Å². The number of carbonyl (C=O) groups excluding carboxylic acids is 2. The molecule has 5 rings (SSSR count). The number of fused-ring (bicyclic) bond motifs is 1. The van der Waals surface area contributed by atoms with Crippen molar-refractivity contribution in [2.75, 3.05) is 6.61 Å². The fraction of sp³-hybridized carbons (Fsp3) is 0.0645. The van der Waals surface area contributed by atoms with Crippen LogP contribution in [-0.4, -0.2) is 29.7 Å². The number of H-pyrrole nitrogens is 1. The molecule has 41 heavy (non-hydrogen) atoms. The van der Waals surface area contributed by atoms with Gasteiger partial charge in [0.05, 0.1) is 23.4 Å². The van der Waals surface area contributed by atoms with Crippen LogP contribution in [0, 0.1) is 0 Å². The number of ether oxygens (including phenoxy) is 2. The van der Waals surface area contributed by atoms with Crippen LogP contribution in [0.5, 0.6) is 11.5 Å². The summed E-state index contributed by atoms with van der Waals surface area (Å²) in [6, 6.07) is 24.5. The lowest BCUT2D eigenvalue weighted by Gasteiger charge is -2.09. The molecule has 4 aromatic carbocycles. The Balaban J connectivity index is 1.45. The molecule has 0 atom stereocenters. The summed E-state index contributed by atoms with van der Waals surface area (Å²) in [5.41, 5.74) is 5.56. The normalized spacial score (nSPS) is 11.1. The van der Waals surface area contributed by atoms with Crippen LogP contribution in [0.2, 0.25) is 10.0 Å². The van der Waals surface area contributed by atoms with Gasteiger partial charge >= 0.3 is 5.97 Å². The van der Waals surface area contributed by atoms with Crippen molar-refractivity contribution in [3.63, 3.8) is 0 Å². The zero-order valence-electron chi connectivity index (χ0n) is 21.6. The summed E-state index contributed by atoms with van der Waals surface area (Å²) in [4.78, 5) is 29.4. The Hall–Kier alpha value is -4.11. The summed E-state index contributed by atoms with van der Waals surface area (Å²) in [6.07, 6.45) is 1.39. The molecule has 1 heterocycles. The van der Waals surface area contributed by atoms with Gasteiger partial charge in [0.1, 0.15) is 17.2 Å². The molecule has 2 N–H and O–H groups in total. The minimum atomic E-state index is -0.620. The maximum absolute atomic E-state index is 13.4. The lowest BCUT2D eigenvalue weighted by Crippen LogP contribution is -2.19. The van der Waals surface area contributed by atoms with Gasteiger partial charge in [0, 0.05) is 37.1 Å². The molecular weight excluding hydrogens is 629 g/mol. The molecule has 5 aromatic rings. The Morgan fingerprint density at radius 2 is 1.73 bits per heavy atom. The molecule has 1 aromatic heterocycles. The number of nitrogens with zero attached hydrogens (tertiary/aromatic N) is 1. The molecule has 0 aliphatic rings. The molecule has 0 radical (unpaired) electrons. The molecule has 0 unspecified atom stereocenters. The van der Waals surface area contributed by atoms with Crippen molar-refractivity contribution >= 4 is 68.1 Å². The van der Waals surface area contributed by atoms with Crippen molar-refractivity contribution in [1.82, 2.24) is 10.4 Å². The third-order valence-corrected chi connectivity index (χ3v) is 7.24. The Bertz CT molecular complexity index is 1800. The number of hydrogen-bond donors (Lipinski definition) is 2. The number of aromatic amines is 1. The molecule has 0 saturated heterocycles.